The molecule has 0 atom stereocenters. The highest BCUT2D eigenvalue weighted by Crippen LogP contribution is 1.93. The molecule has 0 aliphatic carbocycles. The maximum absolute atomic E-state index is 10.5. The lowest BCUT2D eigenvalue weighted by atomic mass is 10.5. The third-order valence-corrected chi connectivity index (χ3v) is 1.11. The van der Waals surface area contributed by atoms with Gasteiger partial charge in [0.25, 0.3) is 0 Å². The molecule has 1 amide bonds. The minimum atomic E-state index is -0.451. The highest BCUT2D eigenvalue weighted by atomic mass is 16.5. The van der Waals surface area contributed by atoms with Gasteiger partial charge in [-0.15, -0.1) is 0 Å². The molecule has 5 nitrogen and oxygen atoms in total. The second-order valence-electron chi connectivity index (χ2n) is 1.89. The van der Waals surface area contributed by atoms with Crippen molar-refractivity contribution in [3.05, 3.63) is 18.0 Å². The standard InChI is InChI=1S/C6H9N3O2/c1-7-6(10)11-4-5-2-3-8-9-5/h2-3H,4H2,1H3,(H,7,10)(H,8,9). The molecule has 1 aromatic rings. The number of ether oxygens (including phenoxy) is 1. The van der Waals surface area contributed by atoms with Gasteiger partial charge in [-0.05, 0) is 6.07 Å². The minimum Gasteiger partial charge on any atom is -0.443 e. The highest BCUT2D eigenvalue weighted by Gasteiger charge is 1.99. The lowest BCUT2D eigenvalue weighted by Gasteiger charge is -1.99. The summed E-state index contributed by atoms with van der Waals surface area (Å²) in [6.07, 6.45) is 1.22. The van der Waals surface area contributed by atoms with E-state index in [0.717, 1.165) is 0 Å². The number of carbonyl (C=O) groups excluding carboxylic acids is 1. The van der Waals surface area contributed by atoms with Gasteiger partial charge in [0.15, 0.2) is 0 Å². The first kappa shape index (κ1) is 7.59. The number of nitrogens with one attached hydrogen (secondary N) is 2. The summed E-state index contributed by atoms with van der Waals surface area (Å²) in [5, 5.41) is 8.73. The van der Waals surface area contributed by atoms with Crippen LogP contribution in [0.1, 0.15) is 5.69 Å². The second kappa shape index (κ2) is 3.60. The van der Waals surface area contributed by atoms with E-state index < -0.39 is 6.09 Å². The van der Waals surface area contributed by atoms with Gasteiger partial charge in [0, 0.05) is 13.2 Å². The molecule has 11 heavy (non-hydrogen) atoms. The van der Waals surface area contributed by atoms with Gasteiger partial charge in [-0.25, -0.2) is 4.79 Å². The Morgan fingerprint density at radius 3 is 3.27 bits per heavy atom. The van der Waals surface area contributed by atoms with Crippen molar-refractivity contribution in [2.24, 2.45) is 0 Å². The Balaban J connectivity index is 2.29. The van der Waals surface area contributed by atoms with E-state index in [9.17, 15) is 4.79 Å². The number of carbonyl (C=O) groups is 1. The van der Waals surface area contributed by atoms with Crippen LogP contribution in [0.3, 0.4) is 0 Å². The van der Waals surface area contributed by atoms with E-state index in [1.165, 1.54) is 7.05 Å². The maximum Gasteiger partial charge on any atom is 0.407 e. The Labute approximate surface area is 63.7 Å². The molecule has 0 saturated heterocycles. The first-order chi connectivity index (χ1) is 5.33. The fraction of sp³-hybridized carbons (Fsp3) is 0.333. The highest BCUT2D eigenvalue weighted by molar-refractivity contribution is 5.66. The molecule has 2 N–H and O–H groups in total. The Morgan fingerprint density at radius 2 is 2.73 bits per heavy atom. The number of aromatic nitrogens is 2. The van der Waals surface area contributed by atoms with Gasteiger partial charge in [-0.3, -0.25) is 5.10 Å². The van der Waals surface area contributed by atoms with E-state index in [0.29, 0.717) is 5.69 Å². The van der Waals surface area contributed by atoms with Crippen LogP contribution in [-0.2, 0) is 11.3 Å². The average molecular weight is 155 g/mol. The smallest absolute Gasteiger partial charge is 0.407 e. The number of alkyl carbamates (subject to hydrolysis) is 1. The topological polar surface area (TPSA) is 67.0 Å². The van der Waals surface area contributed by atoms with Gasteiger partial charge in [-0.2, -0.15) is 5.10 Å². The van der Waals surface area contributed by atoms with Crippen LogP contribution in [-0.4, -0.2) is 23.3 Å². The summed E-state index contributed by atoms with van der Waals surface area (Å²) in [5.41, 5.74) is 0.702. The minimum absolute atomic E-state index is 0.198. The van der Waals surface area contributed by atoms with Crippen LogP contribution in [0.2, 0.25) is 0 Å². The predicted molar refractivity (Wildman–Crippen MR) is 37.8 cm³/mol. The molecular weight excluding hydrogens is 146 g/mol. The van der Waals surface area contributed by atoms with Crippen molar-refractivity contribution < 1.29 is 9.53 Å². The van der Waals surface area contributed by atoms with E-state index in [4.69, 9.17) is 4.74 Å². The summed E-state index contributed by atoms with van der Waals surface area (Å²) in [6, 6.07) is 1.74. The van der Waals surface area contributed by atoms with Crippen molar-refractivity contribution in [3.63, 3.8) is 0 Å². The Kier molecular flexibility index (Phi) is 2.48. The van der Waals surface area contributed by atoms with Crippen LogP contribution in [0.4, 0.5) is 4.79 Å². The van der Waals surface area contributed by atoms with Gasteiger partial charge in [0.2, 0.25) is 0 Å². The molecule has 5 heteroatoms. The van der Waals surface area contributed by atoms with Gasteiger partial charge in [0.05, 0.1) is 5.69 Å². The first-order valence-corrected chi connectivity index (χ1v) is 3.16. The molecular formula is C6H9N3O2. The van der Waals surface area contributed by atoms with Crippen molar-refractivity contribution >= 4 is 6.09 Å². The lowest BCUT2D eigenvalue weighted by molar-refractivity contribution is 0.140. The van der Waals surface area contributed by atoms with Crippen LogP contribution >= 0.6 is 0 Å². The number of amides is 1. The molecule has 60 valence electrons. The number of nitrogens with zero attached hydrogens (tertiary/aromatic N) is 1. The van der Waals surface area contributed by atoms with Crippen LogP contribution < -0.4 is 5.32 Å². The van der Waals surface area contributed by atoms with E-state index in [1.807, 2.05) is 0 Å². The number of aromatic amines is 1. The molecule has 1 aromatic heterocycles. The molecule has 0 bridgehead atoms. The molecule has 0 aliphatic rings. The Bertz CT molecular complexity index is 220. The fourth-order valence-corrected chi connectivity index (χ4v) is 0.583. The molecule has 0 spiro atoms. The summed E-state index contributed by atoms with van der Waals surface area (Å²) in [5.74, 6) is 0. The Hall–Kier alpha value is -1.52. The van der Waals surface area contributed by atoms with E-state index in [2.05, 4.69) is 15.5 Å². The zero-order valence-corrected chi connectivity index (χ0v) is 6.13. The summed E-state index contributed by atoms with van der Waals surface area (Å²) in [6.45, 7) is 0.198. The molecule has 0 saturated carbocycles. The van der Waals surface area contributed by atoms with Gasteiger partial charge in [-0.1, -0.05) is 0 Å². The molecule has 0 radical (unpaired) electrons. The Morgan fingerprint density at radius 1 is 1.91 bits per heavy atom. The third-order valence-electron chi connectivity index (χ3n) is 1.11. The number of rotatable bonds is 2. The zero-order valence-electron chi connectivity index (χ0n) is 6.13. The average Bonchev–Trinajstić information content (AvgIpc) is 2.52. The maximum atomic E-state index is 10.5. The van der Waals surface area contributed by atoms with Crippen molar-refractivity contribution in [1.82, 2.24) is 15.5 Å². The largest absolute Gasteiger partial charge is 0.443 e. The van der Waals surface area contributed by atoms with Gasteiger partial charge in [0.1, 0.15) is 6.61 Å². The van der Waals surface area contributed by atoms with Crippen LogP contribution in [0, 0.1) is 0 Å². The monoisotopic (exact) mass is 155 g/mol. The van der Waals surface area contributed by atoms with Crippen LogP contribution in [0.25, 0.3) is 0 Å². The molecule has 1 rings (SSSR count). The van der Waals surface area contributed by atoms with Gasteiger partial charge >= 0.3 is 6.09 Å². The SMILES string of the molecule is CNC(=O)OCc1cc[nH]n1. The third kappa shape index (κ3) is 2.29. The quantitative estimate of drug-likeness (QED) is 0.644. The van der Waals surface area contributed by atoms with Gasteiger partial charge < -0.3 is 10.1 Å². The second-order valence-corrected chi connectivity index (χ2v) is 1.89. The lowest BCUT2D eigenvalue weighted by Crippen LogP contribution is -2.18. The van der Waals surface area contributed by atoms with E-state index in [-0.39, 0.29) is 6.61 Å². The van der Waals surface area contributed by atoms with Crippen LogP contribution in [0.5, 0.6) is 0 Å². The number of H-pyrrole nitrogens is 1. The van der Waals surface area contributed by atoms with Crippen molar-refractivity contribution in [3.8, 4) is 0 Å². The summed E-state index contributed by atoms with van der Waals surface area (Å²) >= 11 is 0. The summed E-state index contributed by atoms with van der Waals surface area (Å²) in [7, 11) is 1.51. The number of hydrogen-bond acceptors (Lipinski definition) is 3. The van der Waals surface area contributed by atoms with E-state index >= 15 is 0 Å². The first-order valence-electron chi connectivity index (χ1n) is 3.16. The molecule has 1 heterocycles. The van der Waals surface area contributed by atoms with Crippen LogP contribution in [0.15, 0.2) is 12.3 Å². The molecule has 0 aliphatic heterocycles. The zero-order chi connectivity index (χ0) is 8.10. The molecule has 0 fully saturated rings. The predicted octanol–water partition coefficient (Wildman–Crippen LogP) is 0.266. The normalized spacial score (nSPS) is 9.18. The summed E-state index contributed by atoms with van der Waals surface area (Å²) in [4.78, 5) is 10.5. The molecule has 0 unspecified atom stereocenters. The van der Waals surface area contributed by atoms with Crippen molar-refractivity contribution in [2.45, 2.75) is 6.61 Å². The van der Waals surface area contributed by atoms with Crippen molar-refractivity contribution in [2.75, 3.05) is 7.05 Å². The van der Waals surface area contributed by atoms with E-state index in [1.54, 1.807) is 12.3 Å². The molecule has 0 aromatic carbocycles. The number of hydrogen-bond donors (Lipinski definition) is 2. The van der Waals surface area contributed by atoms with Crippen molar-refractivity contribution in [1.29, 1.82) is 0 Å². The fourth-order valence-electron chi connectivity index (χ4n) is 0.583. The summed E-state index contributed by atoms with van der Waals surface area (Å²) < 4.78 is 4.70.